The number of rotatable bonds is 2. The van der Waals surface area contributed by atoms with Crippen LogP contribution >= 0.6 is 15.9 Å². The maximum atomic E-state index is 5.45. The van der Waals surface area contributed by atoms with Gasteiger partial charge in [0.2, 0.25) is 0 Å². The number of halogens is 1. The lowest BCUT2D eigenvalue weighted by Crippen LogP contribution is -2.29. The van der Waals surface area contributed by atoms with Crippen LogP contribution in [-0.4, -0.2) is 33.0 Å². The maximum Gasteiger partial charge on any atom is 0.0831 e. The SMILES string of the molecule is Cn1cc(CC2COCCC2Br)nn1. The standard InChI is InChI=1S/C9H14BrN3O/c1-13-5-8(11-12-13)4-7-6-14-3-2-9(7)10/h5,7,9H,2-4,6H2,1H3. The van der Waals surface area contributed by atoms with Gasteiger partial charge in [0, 0.05) is 30.6 Å². The first-order valence-electron chi connectivity index (χ1n) is 4.82. The van der Waals surface area contributed by atoms with Crippen LogP contribution in [0.3, 0.4) is 0 Å². The van der Waals surface area contributed by atoms with E-state index in [0.29, 0.717) is 10.7 Å². The van der Waals surface area contributed by atoms with Crippen LogP contribution in [0.1, 0.15) is 12.1 Å². The predicted molar refractivity (Wildman–Crippen MR) is 56.3 cm³/mol. The average molecular weight is 260 g/mol. The molecule has 2 heterocycles. The zero-order valence-corrected chi connectivity index (χ0v) is 9.77. The minimum absolute atomic E-state index is 0.528. The number of ether oxygens (including phenoxy) is 1. The molecule has 1 aromatic rings. The van der Waals surface area contributed by atoms with E-state index in [1.54, 1.807) is 4.68 Å². The molecule has 0 saturated carbocycles. The molecule has 1 aliphatic rings. The quantitative estimate of drug-likeness (QED) is 0.749. The molecule has 1 fully saturated rings. The van der Waals surface area contributed by atoms with Crippen LogP contribution in [0.4, 0.5) is 0 Å². The Morgan fingerprint density at radius 1 is 1.71 bits per heavy atom. The zero-order chi connectivity index (χ0) is 9.97. The third-order valence-corrected chi connectivity index (χ3v) is 3.71. The first-order chi connectivity index (χ1) is 6.75. The molecule has 0 N–H and O–H groups in total. The molecule has 0 bridgehead atoms. The van der Waals surface area contributed by atoms with Gasteiger partial charge in [-0.25, -0.2) is 0 Å². The van der Waals surface area contributed by atoms with Crippen molar-refractivity contribution in [2.75, 3.05) is 13.2 Å². The van der Waals surface area contributed by atoms with Crippen LogP contribution < -0.4 is 0 Å². The van der Waals surface area contributed by atoms with Crippen LogP contribution in [0.25, 0.3) is 0 Å². The lowest BCUT2D eigenvalue weighted by atomic mass is 9.97. The fraction of sp³-hybridized carbons (Fsp3) is 0.778. The topological polar surface area (TPSA) is 39.9 Å². The molecule has 78 valence electrons. The molecule has 1 aliphatic heterocycles. The van der Waals surface area contributed by atoms with Gasteiger partial charge in [-0.05, 0) is 12.8 Å². The van der Waals surface area contributed by atoms with E-state index in [0.717, 1.165) is 31.7 Å². The zero-order valence-electron chi connectivity index (χ0n) is 8.19. The van der Waals surface area contributed by atoms with Crippen molar-refractivity contribution in [2.24, 2.45) is 13.0 Å². The van der Waals surface area contributed by atoms with Crippen molar-refractivity contribution in [3.05, 3.63) is 11.9 Å². The second kappa shape index (κ2) is 4.40. The van der Waals surface area contributed by atoms with Crippen LogP contribution in [0.2, 0.25) is 0 Å². The summed E-state index contributed by atoms with van der Waals surface area (Å²) in [6, 6.07) is 0. The third-order valence-electron chi connectivity index (χ3n) is 2.50. The Hall–Kier alpha value is -0.420. The summed E-state index contributed by atoms with van der Waals surface area (Å²) >= 11 is 3.68. The van der Waals surface area contributed by atoms with E-state index in [1.165, 1.54) is 0 Å². The van der Waals surface area contributed by atoms with E-state index >= 15 is 0 Å². The fourth-order valence-electron chi connectivity index (χ4n) is 1.71. The van der Waals surface area contributed by atoms with E-state index in [-0.39, 0.29) is 0 Å². The highest BCUT2D eigenvalue weighted by Gasteiger charge is 2.24. The molecule has 2 rings (SSSR count). The van der Waals surface area contributed by atoms with Crippen molar-refractivity contribution in [2.45, 2.75) is 17.7 Å². The molecule has 0 amide bonds. The molecule has 2 atom stereocenters. The Balaban J connectivity index is 1.95. The van der Waals surface area contributed by atoms with Gasteiger partial charge in [0.05, 0.1) is 12.3 Å². The number of aryl methyl sites for hydroxylation is 1. The van der Waals surface area contributed by atoms with Gasteiger partial charge in [-0.2, -0.15) is 0 Å². The Bertz CT molecular complexity index is 302. The predicted octanol–water partition coefficient (Wildman–Crippen LogP) is 1.16. The van der Waals surface area contributed by atoms with E-state index < -0.39 is 0 Å². The highest BCUT2D eigenvalue weighted by molar-refractivity contribution is 9.09. The van der Waals surface area contributed by atoms with E-state index in [4.69, 9.17) is 4.74 Å². The molecule has 2 unspecified atom stereocenters. The van der Waals surface area contributed by atoms with Crippen molar-refractivity contribution >= 4 is 15.9 Å². The molecule has 5 heteroatoms. The van der Waals surface area contributed by atoms with Crippen molar-refractivity contribution in [3.8, 4) is 0 Å². The summed E-state index contributed by atoms with van der Waals surface area (Å²) in [7, 11) is 1.89. The van der Waals surface area contributed by atoms with Gasteiger partial charge < -0.3 is 4.74 Å². The van der Waals surface area contributed by atoms with Crippen molar-refractivity contribution in [1.29, 1.82) is 0 Å². The fourth-order valence-corrected chi connectivity index (χ4v) is 2.24. The number of nitrogens with zero attached hydrogens (tertiary/aromatic N) is 3. The summed E-state index contributed by atoms with van der Waals surface area (Å²) in [5.41, 5.74) is 1.05. The second-order valence-electron chi connectivity index (χ2n) is 3.73. The van der Waals surface area contributed by atoms with E-state index in [1.807, 2.05) is 13.2 Å². The highest BCUT2D eigenvalue weighted by Crippen LogP contribution is 2.24. The number of hydrogen-bond acceptors (Lipinski definition) is 3. The molecule has 0 spiro atoms. The number of hydrogen-bond donors (Lipinski definition) is 0. The Labute approximate surface area is 91.8 Å². The monoisotopic (exact) mass is 259 g/mol. The van der Waals surface area contributed by atoms with Crippen molar-refractivity contribution in [1.82, 2.24) is 15.0 Å². The molecule has 4 nitrogen and oxygen atoms in total. The number of aromatic nitrogens is 3. The highest BCUT2D eigenvalue weighted by atomic mass is 79.9. The Morgan fingerprint density at radius 2 is 2.57 bits per heavy atom. The van der Waals surface area contributed by atoms with E-state index in [2.05, 4.69) is 26.2 Å². The summed E-state index contributed by atoms with van der Waals surface area (Å²) in [4.78, 5) is 0.554. The maximum absolute atomic E-state index is 5.45. The Morgan fingerprint density at radius 3 is 3.21 bits per heavy atom. The lowest BCUT2D eigenvalue weighted by molar-refractivity contribution is 0.0602. The first kappa shape index (κ1) is 10.1. The molecular formula is C9H14BrN3O. The van der Waals surface area contributed by atoms with E-state index in [9.17, 15) is 0 Å². The average Bonchev–Trinajstić information content (AvgIpc) is 2.56. The molecule has 1 saturated heterocycles. The number of alkyl halides is 1. The van der Waals surface area contributed by atoms with Crippen LogP contribution in [0, 0.1) is 5.92 Å². The third kappa shape index (κ3) is 2.33. The first-order valence-corrected chi connectivity index (χ1v) is 5.74. The summed E-state index contributed by atoms with van der Waals surface area (Å²) in [6.07, 6.45) is 4.00. The Kier molecular flexibility index (Phi) is 3.18. The van der Waals surface area contributed by atoms with Gasteiger partial charge in [-0.15, -0.1) is 5.10 Å². The molecule has 0 aromatic carbocycles. The van der Waals surface area contributed by atoms with Crippen molar-refractivity contribution in [3.63, 3.8) is 0 Å². The van der Waals surface area contributed by atoms with Crippen LogP contribution in [-0.2, 0) is 18.2 Å². The van der Waals surface area contributed by atoms with Gasteiger partial charge in [-0.3, -0.25) is 4.68 Å². The smallest absolute Gasteiger partial charge is 0.0831 e. The second-order valence-corrected chi connectivity index (χ2v) is 4.90. The van der Waals surface area contributed by atoms with Crippen molar-refractivity contribution < 1.29 is 4.74 Å². The van der Waals surface area contributed by atoms with Gasteiger partial charge in [0.15, 0.2) is 0 Å². The minimum Gasteiger partial charge on any atom is -0.381 e. The summed E-state index contributed by atoms with van der Waals surface area (Å²) in [6.45, 7) is 1.69. The van der Waals surface area contributed by atoms with Crippen LogP contribution in [0.15, 0.2) is 6.20 Å². The lowest BCUT2D eigenvalue weighted by Gasteiger charge is -2.26. The minimum atomic E-state index is 0.528. The molecule has 0 radical (unpaired) electrons. The molecule has 0 aliphatic carbocycles. The molecule has 1 aromatic heterocycles. The normalized spacial score (nSPS) is 27.9. The van der Waals surface area contributed by atoms with Crippen LogP contribution in [0.5, 0.6) is 0 Å². The molecular weight excluding hydrogens is 246 g/mol. The largest absolute Gasteiger partial charge is 0.381 e. The van der Waals surface area contributed by atoms with Gasteiger partial charge >= 0.3 is 0 Å². The summed E-state index contributed by atoms with van der Waals surface area (Å²) in [5, 5.41) is 8.00. The van der Waals surface area contributed by atoms with Gasteiger partial charge in [0.25, 0.3) is 0 Å². The van der Waals surface area contributed by atoms with Gasteiger partial charge in [-0.1, -0.05) is 21.1 Å². The molecule has 14 heavy (non-hydrogen) atoms. The van der Waals surface area contributed by atoms with Gasteiger partial charge in [0.1, 0.15) is 0 Å². The summed E-state index contributed by atoms with van der Waals surface area (Å²) in [5.74, 6) is 0.528. The summed E-state index contributed by atoms with van der Waals surface area (Å²) < 4.78 is 7.18.